The number of fused-ring (bicyclic) bond motifs is 1. The molecule has 1 aliphatic heterocycles. The summed E-state index contributed by atoms with van der Waals surface area (Å²) in [4.78, 5) is 26.6. The molecule has 2 aromatic carbocycles. The van der Waals surface area contributed by atoms with Gasteiger partial charge in [-0.25, -0.2) is 0 Å². The van der Waals surface area contributed by atoms with E-state index in [-0.39, 0.29) is 18.2 Å². The average molecular weight is 404 g/mol. The number of para-hydroxylation sites is 1. The number of rotatable bonds is 6. The molecule has 30 heavy (non-hydrogen) atoms. The van der Waals surface area contributed by atoms with Crippen LogP contribution in [-0.2, 0) is 23.1 Å². The number of benzene rings is 2. The summed E-state index contributed by atoms with van der Waals surface area (Å²) in [6.45, 7) is 4.05. The second kappa shape index (κ2) is 7.71. The maximum absolute atomic E-state index is 12.9. The number of nitrogens with zero attached hydrogens (tertiary/aromatic N) is 2. The van der Waals surface area contributed by atoms with Crippen molar-refractivity contribution < 1.29 is 19.4 Å². The molecule has 4 rings (SSSR count). The number of aliphatic hydroxyl groups is 1. The van der Waals surface area contributed by atoms with Crippen molar-refractivity contribution in [3.05, 3.63) is 71.6 Å². The zero-order valence-corrected chi connectivity index (χ0v) is 17.3. The molecular weight excluding hydrogens is 380 g/mol. The fourth-order valence-electron chi connectivity index (χ4n) is 3.86. The molecule has 0 saturated heterocycles. The van der Waals surface area contributed by atoms with Gasteiger partial charge in [0.2, 0.25) is 0 Å². The van der Waals surface area contributed by atoms with Gasteiger partial charge in [-0.15, -0.1) is 0 Å². The Morgan fingerprint density at radius 1 is 1.00 bits per heavy atom. The van der Waals surface area contributed by atoms with Crippen molar-refractivity contribution in [3.63, 3.8) is 0 Å². The first-order valence-corrected chi connectivity index (χ1v) is 9.96. The van der Waals surface area contributed by atoms with Crippen LogP contribution in [0.25, 0.3) is 16.5 Å². The van der Waals surface area contributed by atoms with Crippen LogP contribution in [0, 0.1) is 0 Å². The molecule has 0 radical (unpaired) electrons. The van der Waals surface area contributed by atoms with E-state index < -0.39 is 17.6 Å². The second-order valence-electron chi connectivity index (χ2n) is 7.71. The lowest BCUT2D eigenvalue weighted by atomic mass is 10.1. The third kappa shape index (κ3) is 3.45. The summed E-state index contributed by atoms with van der Waals surface area (Å²) in [7, 11) is 1.97. The summed E-state index contributed by atoms with van der Waals surface area (Å²) < 4.78 is 7.64. The molecule has 3 aromatic rings. The maximum Gasteiger partial charge on any atom is 0.296 e. The molecule has 6 heteroatoms. The molecule has 0 spiro atoms. The fraction of sp³-hybridized carbons (Fsp3) is 0.250. The standard InChI is InChI=1S/C24H24N2O4/c1-15(2)30-18-10-8-16(9-11-18)21-22(27)24(29)26(23(21)28)13-12-17-14-25(3)20-7-5-4-6-19(17)20/h4-11,14-15,27H,12-13H2,1-3H3. The Bertz CT molecular complexity index is 1160. The van der Waals surface area contributed by atoms with Crippen LogP contribution in [0.4, 0.5) is 0 Å². The predicted octanol–water partition coefficient (Wildman–Crippen LogP) is 3.85. The Kier molecular flexibility index (Phi) is 5.08. The third-order valence-corrected chi connectivity index (χ3v) is 5.24. The monoisotopic (exact) mass is 404 g/mol. The number of amides is 2. The third-order valence-electron chi connectivity index (χ3n) is 5.24. The van der Waals surface area contributed by atoms with Crippen molar-refractivity contribution >= 4 is 28.3 Å². The van der Waals surface area contributed by atoms with Gasteiger partial charge in [-0.05, 0) is 49.6 Å². The van der Waals surface area contributed by atoms with E-state index in [1.807, 2.05) is 55.9 Å². The van der Waals surface area contributed by atoms with Crippen molar-refractivity contribution in [2.75, 3.05) is 6.54 Å². The summed E-state index contributed by atoms with van der Waals surface area (Å²) in [6.07, 6.45) is 2.56. The number of hydrogen-bond acceptors (Lipinski definition) is 4. The van der Waals surface area contributed by atoms with E-state index in [1.165, 1.54) is 0 Å². The van der Waals surface area contributed by atoms with Gasteiger partial charge in [-0.3, -0.25) is 14.5 Å². The van der Waals surface area contributed by atoms with Crippen molar-refractivity contribution in [3.8, 4) is 5.75 Å². The average Bonchev–Trinajstić information content (AvgIpc) is 3.15. The van der Waals surface area contributed by atoms with E-state index in [0.717, 1.165) is 21.4 Å². The van der Waals surface area contributed by atoms with Gasteiger partial charge in [-0.1, -0.05) is 30.3 Å². The zero-order chi connectivity index (χ0) is 21.4. The Balaban J connectivity index is 1.53. The molecule has 6 nitrogen and oxygen atoms in total. The first-order chi connectivity index (χ1) is 14.4. The highest BCUT2D eigenvalue weighted by atomic mass is 16.5. The van der Waals surface area contributed by atoms with Crippen molar-refractivity contribution in [2.45, 2.75) is 26.4 Å². The van der Waals surface area contributed by atoms with Crippen molar-refractivity contribution in [1.82, 2.24) is 9.47 Å². The normalized spacial score (nSPS) is 14.5. The van der Waals surface area contributed by atoms with E-state index in [1.54, 1.807) is 24.3 Å². The zero-order valence-electron chi connectivity index (χ0n) is 17.3. The lowest BCUT2D eigenvalue weighted by Crippen LogP contribution is -2.33. The van der Waals surface area contributed by atoms with Crippen LogP contribution in [0.3, 0.4) is 0 Å². The summed E-state index contributed by atoms with van der Waals surface area (Å²) >= 11 is 0. The largest absolute Gasteiger partial charge is 0.502 e. The van der Waals surface area contributed by atoms with Crippen LogP contribution < -0.4 is 4.74 Å². The summed E-state index contributed by atoms with van der Waals surface area (Å²) in [5.41, 5.74) is 2.68. The molecule has 1 aliphatic rings. The highest BCUT2D eigenvalue weighted by molar-refractivity contribution is 6.34. The van der Waals surface area contributed by atoms with Crippen LogP contribution in [0.1, 0.15) is 25.0 Å². The second-order valence-corrected chi connectivity index (χ2v) is 7.71. The molecular formula is C24H24N2O4. The number of carbonyl (C=O) groups is 2. The lowest BCUT2D eigenvalue weighted by molar-refractivity contribution is -0.138. The van der Waals surface area contributed by atoms with Crippen LogP contribution in [-0.4, -0.2) is 39.0 Å². The van der Waals surface area contributed by atoms with E-state index >= 15 is 0 Å². The van der Waals surface area contributed by atoms with E-state index in [2.05, 4.69) is 0 Å². The number of aryl methyl sites for hydroxylation is 1. The maximum atomic E-state index is 12.9. The molecule has 0 aliphatic carbocycles. The summed E-state index contributed by atoms with van der Waals surface area (Å²) in [5, 5.41) is 11.5. The minimum absolute atomic E-state index is 0.0303. The van der Waals surface area contributed by atoms with Crippen LogP contribution in [0.15, 0.2) is 60.5 Å². The molecule has 0 saturated carbocycles. The quantitative estimate of drug-likeness (QED) is 0.634. The molecule has 1 aromatic heterocycles. The summed E-state index contributed by atoms with van der Waals surface area (Å²) in [6, 6.07) is 14.8. The number of ether oxygens (including phenoxy) is 1. The molecule has 0 bridgehead atoms. The van der Waals surface area contributed by atoms with Gasteiger partial charge in [0.1, 0.15) is 5.75 Å². The van der Waals surface area contributed by atoms with Gasteiger partial charge in [0, 0.05) is 30.7 Å². The topological polar surface area (TPSA) is 71.8 Å². The van der Waals surface area contributed by atoms with Gasteiger partial charge < -0.3 is 14.4 Å². The molecule has 0 unspecified atom stereocenters. The number of imide groups is 1. The molecule has 0 atom stereocenters. The first-order valence-electron chi connectivity index (χ1n) is 9.96. The van der Waals surface area contributed by atoms with Crippen LogP contribution in [0.5, 0.6) is 5.75 Å². The van der Waals surface area contributed by atoms with E-state index in [0.29, 0.717) is 17.7 Å². The fourth-order valence-corrected chi connectivity index (χ4v) is 3.86. The van der Waals surface area contributed by atoms with Crippen molar-refractivity contribution in [1.29, 1.82) is 0 Å². The van der Waals surface area contributed by atoms with Gasteiger partial charge in [-0.2, -0.15) is 0 Å². The molecule has 154 valence electrons. The molecule has 1 N–H and O–H groups in total. The molecule has 0 fully saturated rings. The first kappa shape index (κ1) is 19.8. The Morgan fingerprint density at radius 2 is 1.70 bits per heavy atom. The molecule has 2 amide bonds. The molecule has 2 heterocycles. The van der Waals surface area contributed by atoms with Crippen LogP contribution >= 0.6 is 0 Å². The van der Waals surface area contributed by atoms with Gasteiger partial charge in [0.15, 0.2) is 5.76 Å². The smallest absolute Gasteiger partial charge is 0.296 e. The predicted molar refractivity (Wildman–Crippen MR) is 115 cm³/mol. The Morgan fingerprint density at radius 3 is 2.40 bits per heavy atom. The highest BCUT2D eigenvalue weighted by Gasteiger charge is 2.38. The van der Waals surface area contributed by atoms with E-state index in [4.69, 9.17) is 4.74 Å². The van der Waals surface area contributed by atoms with Gasteiger partial charge >= 0.3 is 0 Å². The van der Waals surface area contributed by atoms with Crippen molar-refractivity contribution in [2.24, 2.45) is 7.05 Å². The highest BCUT2D eigenvalue weighted by Crippen LogP contribution is 2.30. The Labute approximate surface area is 175 Å². The van der Waals surface area contributed by atoms with E-state index in [9.17, 15) is 14.7 Å². The van der Waals surface area contributed by atoms with Gasteiger partial charge in [0.05, 0.1) is 11.7 Å². The SMILES string of the molecule is CC(C)Oc1ccc(C2=C(O)C(=O)N(CCc3cn(C)c4ccccc34)C2=O)cc1. The summed E-state index contributed by atoms with van der Waals surface area (Å²) in [5.74, 6) is -0.970. The number of carbonyl (C=O) groups excluding carboxylic acids is 2. The van der Waals surface area contributed by atoms with Gasteiger partial charge in [0.25, 0.3) is 11.8 Å². The van der Waals surface area contributed by atoms with Crippen LogP contribution in [0.2, 0.25) is 0 Å². The number of hydrogen-bond donors (Lipinski definition) is 1. The minimum atomic E-state index is -0.655. The lowest BCUT2D eigenvalue weighted by Gasteiger charge is -2.14. The Hall–Kier alpha value is -3.54. The minimum Gasteiger partial charge on any atom is -0.502 e. The number of aromatic nitrogens is 1. The number of aliphatic hydroxyl groups excluding tert-OH is 1.